The van der Waals surface area contributed by atoms with Gasteiger partial charge in [0.05, 0.1) is 0 Å². The molecule has 0 aliphatic heterocycles. The molecule has 2 aromatic rings. The van der Waals surface area contributed by atoms with Crippen molar-refractivity contribution >= 4 is 11.8 Å². The fraction of sp³-hybridized carbons (Fsp3) is 0.0667. The van der Waals surface area contributed by atoms with Crippen LogP contribution in [0, 0.1) is 0 Å². The minimum absolute atomic E-state index is 0.0556. The summed E-state index contributed by atoms with van der Waals surface area (Å²) in [5.41, 5.74) is 3.08. The zero-order chi connectivity index (χ0) is 15.4. The highest BCUT2D eigenvalue weighted by Crippen LogP contribution is 2.12. The van der Waals surface area contributed by atoms with Crippen molar-refractivity contribution in [2.24, 2.45) is 0 Å². The summed E-state index contributed by atoms with van der Waals surface area (Å²) in [4.78, 5) is 24.0. The number of phenols is 2. The smallest absolute Gasteiger partial charge is 0.272 e. The number of carbonyl (C=O) groups excluding carboxylic acids is 2. The summed E-state index contributed by atoms with van der Waals surface area (Å²) >= 11 is 0. The maximum absolute atomic E-state index is 12.1. The molecule has 2 rings (SSSR count). The number of rotatable bonds is 2. The molecule has 0 unspecified atom stereocenters. The summed E-state index contributed by atoms with van der Waals surface area (Å²) in [6.45, 7) is 0. The molecule has 0 saturated carbocycles. The lowest BCUT2D eigenvalue weighted by Gasteiger charge is -2.18. The number of hydrogen-bond acceptors (Lipinski definition) is 4. The van der Waals surface area contributed by atoms with Gasteiger partial charge in [-0.3, -0.25) is 20.0 Å². The molecule has 108 valence electrons. The van der Waals surface area contributed by atoms with E-state index in [2.05, 4.69) is 5.43 Å². The van der Waals surface area contributed by atoms with Crippen LogP contribution in [0.2, 0.25) is 0 Å². The van der Waals surface area contributed by atoms with Crippen LogP contribution in [0.3, 0.4) is 0 Å². The Kier molecular flexibility index (Phi) is 4.08. The van der Waals surface area contributed by atoms with Crippen LogP contribution < -0.4 is 5.43 Å². The van der Waals surface area contributed by atoms with Gasteiger partial charge in [-0.15, -0.1) is 0 Å². The fourth-order valence-corrected chi connectivity index (χ4v) is 1.68. The number of benzene rings is 2. The minimum atomic E-state index is -0.468. The molecular weight excluding hydrogens is 272 g/mol. The normalized spacial score (nSPS) is 9.95. The molecule has 2 aromatic carbocycles. The van der Waals surface area contributed by atoms with Crippen molar-refractivity contribution in [3.05, 3.63) is 59.7 Å². The third-order valence-corrected chi connectivity index (χ3v) is 2.82. The minimum Gasteiger partial charge on any atom is -0.508 e. The van der Waals surface area contributed by atoms with Gasteiger partial charge >= 0.3 is 0 Å². The first-order valence-corrected chi connectivity index (χ1v) is 6.14. The van der Waals surface area contributed by atoms with Crippen LogP contribution in [0.25, 0.3) is 0 Å². The third kappa shape index (κ3) is 3.50. The Balaban J connectivity index is 2.05. The van der Waals surface area contributed by atoms with E-state index in [-0.39, 0.29) is 11.5 Å². The molecule has 0 bridgehead atoms. The van der Waals surface area contributed by atoms with Gasteiger partial charge in [-0.05, 0) is 48.5 Å². The van der Waals surface area contributed by atoms with E-state index < -0.39 is 11.8 Å². The molecule has 0 radical (unpaired) electrons. The molecule has 6 heteroatoms. The van der Waals surface area contributed by atoms with Crippen LogP contribution in [0.5, 0.6) is 11.5 Å². The van der Waals surface area contributed by atoms with Gasteiger partial charge in [0.1, 0.15) is 11.5 Å². The Bertz CT molecular complexity index is 650. The lowest BCUT2D eigenvalue weighted by Crippen LogP contribution is -2.43. The summed E-state index contributed by atoms with van der Waals surface area (Å²) in [7, 11) is 1.42. The van der Waals surface area contributed by atoms with Gasteiger partial charge in [0.15, 0.2) is 0 Å². The predicted octanol–water partition coefficient (Wildman–Crippen LogP) is 1.51. The van der Waals surface area contributed by atoms with Crippen molar-refractivity contribution in [2.45, 2.75) is 0 Å². The van der Waals surface area contributed by atoms with Gasteiger partial charge in [0.25, 0.3) is 11.8 Å². The van der Waals surface area contributed by atoms with E-state index >= 15 is 0 Å². The van der Waals surface area contributed by atoms with Crippen molar-refractivity contribution in [1.29, 1.82) is 0 Å². The lowest BCUT2D eigenvalue weighted by atomic mass is 10.2. The first-order chi connectivity index (χ1) is 9.97. The topological polar surface area (TPSA) is 89.9 Å². The molecule has 0 aromatic heterocycles. The summed E-state index contributed by atoms with van der Waals surface area (Å²) in [5, 5.41) is 19.4. The molecule has 0 atom stereocenters. The van der Waals surface area contributed by atoms with Crippen LogP contribution in [-0.4, -0.2) is 34.1 Å². The zero-order valence-electron chi connectivity index (χ0n) is 11.3. The average molecular weight is 286 g/mol. The third-order valence-electron chi connectivity index (χ3n) is 2.82. The molecule has 0 aliphatic rings. The number of carbonyl (C=O) groups is 2. The molecule has 0 fully saturated rings. The Morgan fingerprint density at radius 2 is 1.29 bits per heavy atom. The van der Waals surface area contributed by atoms with E-state index in [1.165, 1.54) is 55.6 Å². The predicted molar refractivity (Wildman–Crippen MR) is 75.8 cm³/mol. The van der Waals surface area contributed by atoms with Crippen molar-refractivity contribution in [1.82, 2.24) is 10.4 Å². The van der Waals surface area contributed by atoms with Crippen LogP contribution >= 0.6 is 0 Å². The standard InChI is InChI=1S/C15H14N2O4/c1-17(15(21)11-4-8-13(19)9-5-11)16-14(20)10-2-6-12(18)7-3-10/h2-9,18-19H,1H3,(H,16,20). The molecule has 0 saturated heterocycles. The van der Waals surface area contributed by atoms with Crippen LogP contribution in [0.1, 0.15) is 20.7 Å². The van der Waals surface area contributed by atoms with Gasteiger partial charge in [0, 0.05) is 18.2 Å². The van der Waals surface area contributed by atoms with E-state index in [4.69, 9.17) is 5.11 Å². The van der Waals surface area contributed by atoms with Crippen molar-refractivity contribution < 1.29 is 19.8 Å². The number of hydrogen-bond donors (Lipinski definition) is 3. The second-order valence-corrected chi connectivity index (χ2v) is 4.40. The summed E-state index contributed by atoms with van der Waals surface area (Å²) in [5.74, 6) is -0.769. The lowest BCUT2D eigenvalue weighted by molar-refractivity contribution is 0.0636. The first kappa shape index (κ1) is 14.4. The van der Waals surface area contributed by atoms with E-state index in [0.29, 0.717) is 11.1 Å². The Labute approximate surface area is 121 Å². The molecule has 21 heavy (non-hydrogen) atoms. The van der Waals surface area contributed by atoms with Crippen molar-refractivity contribution in [3.63, 3.8) is 0 Å². The maximum atomic E-state index is 12.1. The summed E-state index contributed by atoms with van der Waals surface area (Å²) in [6.07, 6.45) is 0. The van der Waals surface area contributed by atoms with Crippen LogP contribution in [0.4, 0.5) is 0 Å². The van der Waals surface area contributed by atoms with Gasteiger partial charge in [-0.25, -0.2) is 0 Å². The number of hydrazine groups is 1. The second-order valence-electron chi connectivity index (χ2n) is 4.40. The molecular formula is C15H14N2O4. The zero-order valence-corrected chi connectivity index (χ0v) is 11.3. The highest BCUT2D eigenvalue weighted by Gasteiger charge is 2.15. The monoisotopic (exact) mass is 286 g/mol. The number of nitrogens with zero attached hydrogens (tertiary/aromatic N) is 1. The average Bonchev–Trinajstić information content (AvgIpc) is 2.47. The van der Waals surface area contributed by atoms with Crippen molar-refractivity contribution in [3.8, 4) is 11.5 Å². The molecule has 0 heterocycles. The molecule has 6 nitrogen and oxygen atoms in total. The quantitative estimate of drug-likeness (QED) is 0.730. The Morgan fingerprint density at radius 3 is 1.76 bits per heavy atom. The Morgan fingerprint density at radius 1 is 0.857 bits per heavy atom. The van der Waals surface area contributed by atoms with E-state index in [0.717, 1.165) is 5.01 Å². The van der Waals surface area contributed by atoms with Gasteiger partial charge < -0.3 is 10.2 Å². The van der Waals surface area contributed by atoms with E-state index in [1.54, 1.807) is 0 Å². The van der Waals surface area contributed by atoms with Gasteiger partial charge in [-0.1, -0.05) is 0 Å². The van der Waals surface area contributed by atoms with Crippen LogP contribution in [0.15, 0.2) is 48.5 Å². The summed E-state index contributed by atoms with van der Waals surface area (Å²) < 4.78 is 0. The Hall–Kier alpha value is -3.02. The molecule has 0 aliphatic carbocycles. The van der Waals surface area contributed by atoms with E-state index in [1.807, 2.05) is 0 Å². The second kappa shape index (κ2) is 5.96. The van der Waals surface area contributed by atoms with Crippen LogP contribution in [-0.2, 0) is 0 Å². The highest BCUT2D eigenvalue weighted by atomic mass is 16.3. The summed E-state index contributed by atoms with van der Waals surface area (Å²) in [6, 6.07) is 11.4. The molecule has 2 amide bonds. The number of phenolic OH excluding ortho intramolecular Hbond substituents is 2. The molecule has 3 N–H and O–H groups in total. The maximum Gasteiger partial charge on any atom is 0.272 e. The van der Waals surface area contributed by atoms with E-state index in [9.17, 15) is 14.7 Å². The first-order valence-electron chi connectivity index (χ1n) is 6.14. The van der Waals surface area contributed by atoms with Gasteiger partial charge in [0.2, 0.25) is 0 Å². The largest absolute Gasteiger partial charge is 0.508 e. The molecule has 0 spiro atoms. The SMILES string of the molecule is CN(NC(=O)c1ccc(O)cc1)C(=O)c1ccc(O)cc1. The number of aromatic hydroxyl groups is 2. The number of nitrogens with one attached hydrogen (secondary N) is 1. The number of amides is 2. The highest BCUT2D eigenvalue weighted by molar-refractivity contribution is 5.99. The fourth-order valence-electron chi connectivity index (χ4n) is 1.68. The van der Waals surface area contributed by atoms with Gasteiger partial charge in [-0.2, -0.15) is 0 Å². The van der Waals surface area contributed by atoms with Crippen molar-refractivity contribution in [2.75, 3.05) is 7.05 Å².